The zero-order chi connectivity index (χ0) is 15.0. The van der Waals surface area contributed by atoms with Gasteiger partial charge in [-0.05, 0) is 24.1 Å². The number of phenolic OH excluding ortho intramolecular Hbond substituents is 1. The molecule has 0 aliphatic carbocycles. The second-order valence-electron chi connectivity index (χ2n) is 4.18. The van der Waals surface area contributed by atoms with Crippen molar-refractivity contribution < 1.29 is 24.2 Å². The van der Waals surface area contributed by atoms with Gasteiger partial charge in [-0.25, -0.2) is 9.59 Å². The molecule has 1 aromatic rings. The van der Waals surface area contributed by atoms with E-state index in [0.29, 0.717) is 12.2 Å². The zero-order valence-corrected chi connectivity index (χ0v) is 11.6. The lowest BCUT2D eigenvalue weighted by molar-refractivity contribution is -0.143. The molecule has 1 amide bonds. The molecule has 0 aromatic heterocycles. The van der Waals surface area contributed by atoms with Crippen LogP contribution in [0.5, 0.6) is 5.75 Å². The molecule has 0 heterocycles. The minimum atomic E-state index is -0.963. The van der Waals surface area contributed by atoms with E-state index < -0.39 is 18.1 Å². The standard InChI is InChI=1S/C14H19NO5/c1-3-4-9-20-14(18)15-12(13(17)19-2)10-5-7-11(16)8-6-10/h5-8,12,16H,3-4,9H2,1-2H3,(H,15,18). The van der Waals surface area contributed by atoms with Crippen molar-refractivity contribution in [1.29, 1.82) is 0 Å². The number of aromatic hydroxyl groups is 1. The van der Waals surface area contributed by atoms with Gasteiger partial charge in [0.1, 0.15) is 5.75 Å². The van der Waals surface area contributed by atoms with Crippen LogP contribution >= 0.6 is 0 Å². The van der Waals surface area contributed by atoms with Crippen molar-refractivity contribution in [2.24, 2.45) is 0 Å². The number of ether oxygens (including phenoxy) is 2. The molecule has 6 heteroatoms. The summed E-state index contributed by atoms with van der Waals surface area (Å²) >= 11 is 0. The number of methoxy groups -OCH3 is 1. The second kappa shape index (κ2) is 8.04. The molecule has 0 bridgehead atoms. The Balaban J connectivity index is 2.72. The number of unbranched alkanes of at least 4 members (excludes halogenated alkanes) is 1. The summed E-state index contributed by atoms with van der Waals surface area (Å²) in [5, 5.41) is 11.7. The van der Waals surface area contributed by atoms with Gasteiger partial charge in [-0.15, -0.1) is 0 Å². The molecule has 0 radical (unpaired) electrons. The van der Waals surface area contributed by atoms with Crippen molar-refractivity contribution in [3.05, 3.63) is 29.8 Å². The van der Waals surface area contributed by atoms with E-state index in [1.807, 2.05) is 6.92 Å². The van der Waals surface area contributed by atoms with Gasteiger partial charge >= 0.3 is 12.1 Å². The van der Waals surface area contributed by atoms with Crippen molar-refractivity contribution >= 4 is 12.1 Å². The number of esters is 1. The summed E-state index contributed by atoms with van der Waals surface area (Å²) in [7, 11) is 1.24. The first-order valence-corrected chi connectivity index (χ1v) is 6.38. The molecule has 1 atom stereocenters. The summed E-state index contributed by atoms with van der Waals surface area (Å²) in [5.41, 5.74) is 0.502. The Bertz CT molecular complexity index is 443. The van der Waals surface area contributed by atoms with Gasteiger partial charge in [-0.1, -0.05) is 25.5 Å². The van der Waals surface area contributed by atoms with E-state index in [9.17, 15) is 14.7 Å². The van der Waals surface area contributed by atoms with Crippen LogP contribution in [0.2, 0.25) is 0 Å². The summed E-state index contributed by atoms with van der Waals surface area (Å²) < 4.78 is 9.60. The predicted molar refractivity (Wildman–Crippen MR) is 72.3 cm³/mol. The first-order valence-electron chi connectivity index (χ1n) is 6.38. The summed E-state index contributed by atoms with van der Waals surface area (Å²) in [4.78, 5) is 23.3. The van der Waals surface area contributed by atoms with Gasteiger partial charge in [-0.3, -0.25) is 0 Å². The summed E-state index contributed by atoms with van der Waals surface area (Å²) in [6, 6.07) is 4.95. The maximum atomic E-state index is 11.7. The second-order valence-corrected chi connectivity index (χ2v) is 4.18. The Kier molecular flexibility index (Phi) is 6.36. The number of nitrogens with one attached hydrogen (secondary N) is 1. The number of carbonyl (C=O) groups is 2. The van der Waals surface area contributed by atoms with Crippen molar-refractivity contribution in [1.82, 2.24) is 5.32 Å². The molecule has 6 nitrogen and oxygen atoms in total. The van der Waals surface area contributed by atoms with Crippen LogP contribution in [-0.4, -0.2) is 30.9 Å². The van der Waals surface area contributed by atoms with Gasteiger partial charge in [0.25, 0.3) is 0 Å². The number of hydrogen-bond donors (Lipinski definition) is 2. The highest BCUT2D eigenvalue weighted by Crippen LogP contribution is 2.18. The monoisotopic (exact) mass is 281 g/mol. The molecule has 2 N–H and O–H groups in total. The van der Waals surface area contributed by atoms with E-state index in [0.717, 1.165) is 12.8 Å². The van der Waals surface area contributed by atoms with Gasteiger partial charge in [0.15, 0.2) is 6.04 Å². The molecule has 20 heavy (non-hydrogen) atoms. The van der Waals surface area contributed by atoms with Crippen LogP contribution in [-0.2, 0) is 14.3 Å². The Morgan fingerprint density at radius 3 is 2.50 bits per heavy atom. The highest BCUT2D eigenvalue weighted by Gasteiger charge is 2.24. The Morgan fingerprint density at radius 2 is 1.95 bits per heavy atom. The number of phenols is 1. The molecule has 1 aromatic carbocycles. The van der Waals surface area contributed by atoms with Crippen molar-refractivity contribution in [2.75, 3.05) is 13.7 Å². The van der Waals surface area contributed by atoms with Gasteiger partial charge < -0.3 is 19.9 Å². The zero-order valence-electron chi connectivity index (χ0n) is 11.6. The number of rotatable bonds is 6. The molecule has 0 aliphatic rings. The highest BCUT2D eigenvalue weighted by molar-refractivity contribution is 5.82. The molecule has 110 valence electrons. The maximum Gasteiger partial charge on any atom is 0.408 e. The minimum Gasteiger partial charge on any atom is -0.508 e. The summed E-state index contributed by atoms with van der Waals surface area (Å²) in [6.45, 7) is 2.28. The lowest BCUT2D eigenvalue weighted by Crippen LogP contribution is -2.35. The highest BCUT2D eigenvalue weighted by atomic mass is 16.6. The molecule has 1 rings (SSSR count). The number of hydrogen-bond acceptors (Lipinski definition) is 5. The van der Waals surface area contributed by atoms with E-state index in [4.69, 9.17) is 4.74 Å². The van der Waals surface area contributed by atoms with E-state index in [1.54, 1.807) is 0 Å². The van der Waals surface area contributed by atoms with E-state index >= 15 is 0 Å². The first-order chi connectivity index (χ1) is 9.58. The predicted octanol–water partition coefficient (Wildman–Crippen LogP) is 2.13. The van der Waals surface area contributed by atoms with Gasteiger partial charge in [0.05, 0.1) is 13.7 Å². The van der Waals surface area contributed by atoms with Crippen molar-refractivity contribution in [3.63, 3.8) is 0 Å². The van der Waals surface area contributed by atoms with E-state index in [1.165, 1.54) is 31.4 Å². The number of benzene rings is 1. The molecule has 0 fully saturated rings. The average Bonchev–Trinajstić information content (AvgIpc) is 2.45. The number of carbonyl (C=O) groups excluding carboxylic acids is 2. The summed E-state index contributed by atoms with van der Waals surface area (Å²) in [6.07, 6.45) is 0.989. The van der Waals surface area contributed by atoms with Crippen LogP contribution in [0.15, 0.2) is 24.3 Å². The molecular weight excluding hydrogens is 262 g/mol. The lowest BCUT2D eigenvalue weighted by Gasteiger charge is -2.16. The van der Waals surface area contributed by atoms with Gasteiger partial charge in [0.2, 0.25) is 0 Å². The molecule has 1 unspecified atom stereocenters. The van der Waals surface area contributed by atoms with Gasteiger partial charge in [-0.2, -0.15) is 0 Å². The Morgan fingerprint density at radius 1 is 1.30 bits per heavy atom. The fourth-order valence-corrected chi connectivity index (χ4v) is 1.53. The van der Waals surface area contributed by atoms with E-state index in [2.05, 4.69) is 10.1 Å². The third-order valence-corrected chi connectivity index (χ3v) is 2.66. The van der Waals surface area contributed by atoms with Crippen LogP contribution in [0.3, 0.4) is 0 Å². The quantitative estimate of drug-likeness (QED) is 0.616. The molecule has 0 spiro atoms. The minimum absolute atomic E-state index is 0.0721. The molecule has 0 aliphatic heterocycles. The Labute approximate surface area is 117 Å². The van der Waals surface area contributed by atoms with Crippen LogP contribution < -0.4 is 5.32 Å². The fraction of sp³-hybridized carbons (Fsp3) is 0.429. The molecular formula is C14H19NO5. The normalized spacial score (nSPS) is 11.5. The topological polar surface area (TPSA) is 84.9 Å². The SMILES string of the molecule is CCCCOC(=O)NC(C(=O)OC)c1ccc(O)cc1. The number of amides is 1. The van der Waals surface area contributed by atoms with Crippen LogP contribution in [0.4, 0.5) is 4.79 Å². The van der Waals surface area contributed by atoms with Gasteiger partial charge in [0, 0.05) is 0 Å². The van der Waals surface area contributed by atoms with Crippen LogP contribution in [0.1, 0.15) is 31.4 Å². The molecule has 0 saturated heterocycles. The third-order valence-electron chi connectivity index (χ3n) is 2.66. The number of alkyl carbamates (subject to hydrolysis) is 1. The molecule has 0 saturated carbocycles. The van der Waals surface area contributed by atoms with Crippen LogP contribution in [0.25, 0.3) is 0 Å². The van der Waals surface area contributed by atoms with E-state index in [-0.39, 0.29) is 5.75 Å². The van der Waals surface area contributed by atoms with Crippen LogP contribution in [0, 0.1) is 0 Å². The lowest BCUT2D eigenvalue weighted by atomic mass is 10.1. The Hall–Kier alpha value is -2.24. The summed E-state index contributed by atoms with van der Waals surface area (Å²) in [5.74, 6) is -0.536. The fourth-order valence-electron chi connectivity index (χ4n) is 1.53. The average molecular weight is 281 g/mol. The van der Waals surface area contributed by atoms with Crippen molar-refractivity contribution in [3.8, 4) is 5.75 Å². The van der Waals surface area contributed by atoms with Crippen molar-refractivity contribution in [2.45, 2.75) is 25.8 Å². The smallest absolute Gasteiger partial charge is 0.408 e. The largest absolute Gasteiger partial charge is 0.508 e. The first kappa shape index (κ1) is 15.8. The maximum absolute atomic E-state index is 11.7. The third kappa shape index (κ3) is 4.79.